The Morgan fingerprint density at radius 1 is 1.12 bits per heavy atom. The highest BCUT2D eigenvalue weighted by Crippen LogP contribution is 2.31. The van der Waals surface area contributed by atoms with E-state index in [1.54, 1.807) is 0 Å². The largest absolute Gasteiger partial charge is 0.493 e. The molecule has 1 aromatic heterocycles. The molecule has 0 radical (unpaired) electrons. The molecule has 0 amide bonds. The van der Waals surface area contributed by atoms with Gasteiger partial charge in [0.1, 0.15) is 11.6 Å². The van der Waals surface area contributed by atoms with Crippen LogP contribution in [0.4, 0.5) is 0 Å². The first kappa shape index (κ1) is 15.0. The number of imidazole rings is 1. The summed E-state index contributed by atoms with van der Waals surface area (Å²) in [4.78, 5) is 4.50. The van der Waals surface area contributed by atoms with Crippen molar-refractivity contribution in [3.63, 3.8) is 0 Å². The van der Waals surface area contributed by atoms with Crippen LogP contribution in [0.3, 0.4) is 0 Å². The number of aromatic nitrogens is 2. The molecule has 4 rings (SSSR count). The molecule has 0 fully saturated rings. The van der Waals surface area contributed by atoms with Crippen LogP contribution in [-0.4, -0.2) is 16.2 Å². The maximum atomic E-state index is 5.75. The third kappa shape index (κ3) is 2.81. The molecule has 24 heavy (non-hydrogen) atoms. The second-order valence-electron chi connectivity index (χ2n) is 6.08. The topological polar surface area (TPSA) is 39.1 Å². The number of hydrogen-bond acceptors (Lipinski definition) is 3. The van der Waals surface area contributed by atoms with Crippen molar-refractivity contribution in [1.29, 1.82) is 0 Å². The van der Waals surface area contributed by atoms with Crippen molar-refractivity contribution in [2.24, 2.45) is 0 Å². The molecule has 1 aliphatic heterocycles. The number of nitrogens with one attached hydrogen (secondary N) is 1. The zero-order valence-corrected chi connectivity index (χ0v) is 13.8. The molecule has 0 saturated carbocycles. The molecule has 1 N–H and O–H groups in total. The lowest BCUT2D eigenvalue weighted by Gasteiger charge is -2.27. The number of fused-ring (bicyclic) bond motifs is 1. The van der Waals surface area contributed by atoms with Gasteiger partial charge in [0.2, 0.25) is 0 Å². The number of aryl methyl sites for hydroxylation is 1. The highest BCUT2D eigenvalue weighted by Gasteiger charge is 2.21. The molecule has 122 valence electrons. The summed E-state index contributed by atoms with van der Waals surface area (Å²) < 4.78 is 7.95. The van der Waals surface area contributed by atoms with Gasteiger partial charge in [0, 0.05) is 30.3 Å². The van der Waals surface area contributed by atoms with E-state index in [-0.39, 0.29) is 0 Å². The fourth-order valence-corrected chi connectivity index (χ4v) is 3.33. The summed E-state index contributed by atoms with van der Waals surface area (Å²) in [6.07, 6.45) is 2.94. The quantitative estimate of drug-likeness (QED) is 0.795. The lowest BCUT2D eigenvalue weighted by Crippen LogP contribution is -2.27. The second kappa shape index (κ2) is 6.49. The Hall–Kier alpha value is -2.59. The Balaban J connectivity index is 1.56. The van der Waals surface area contributed by atoms with Crippen LogP contribution >= 0.6 is 0 Å². The lowest BCUT2D eigenvalue weighted by atomic mass is 10.0. The van der Waals surface area contributed by atoms with Gasteiger partial charge < -0.3 is 10.1 Å². The highest BCUT2D eigenvalue weighted by molar-refractivity contribution is 5.38. The minimum absolute atomic E-state index is 0.314. The van der Waals surface area contributed by atoms with E-state index in [9.17, 15) is 0 Å². The van der Waals surface area contributed by atoms with Crippen LogP contribution in [0.15, 0.2) is 60.8 Å². The van der Waals surface area contributed by atoms with Crippen LogP contribution in [0, 0.1) is 6.92 Å². The zero-order valence-electron chi connectivity index (χ0n) is 13.8. The van der Waals surface area contributed by atoms with E-state index >= 15 is 0 Å². The fourth-order valence-electron chi connectivity index (χ4n) is 3.33. The zero-order chi connectivity index (χ0) is 16.4. The molecule has 2 heterocycles. The third-order valence-electron chi connectivity index (χ3n) is 4.51. The Labute approximate surface area is 142 Å². The molecule has 0 unspecified atom stereocenters. The number of rotatable bonds is 4. The Morgan fingerprint density at radius 3 is 2.79 bits per heavy atom. The number of para-hydroxylation sites is 2. The molecule has 0 saturated heterocycles. The maximum Gasteiger partial charge on any atom is 0.124 e. The molecule has 0 aliphatic carbocycles. The van der Waals surface area contributed by atoms with Crippen LogP contribution in [0.25, 0.3) is 5.69 Å². The Bertz CT molecular complexity index is 826. The van der Waals surface area contributed by atoms with Crippen molar-refractivity contribution in [2.75, 3.05) is 6.61 Å². The normalized spacial score (nSPS) is 16.5. The number of hydrogen-bond donors (Lipinski definition) is 1. The van der Waals surface area contributed by atoms with Crippen molar-refractivity contribution < 1.29 is 4.74 Å². The van der Waals surface area contributed by atoms with Crippen molar-refractivity contribution in [3.05, 3.63) is 77.9 Å². The summed E-state index contributed by atoms with van der Waals surface area (Å²) in [5, 5.41) is 3.68. The van der Waals surface area contributed by atoms with Gasteiger partial charge in [-0.15, -0.1) is 0 Å². The summed E-state index contributed by atoms with van der Waals surface area (Å²) in [5.41, 5.74) is 3.56. The standard InChI is InChI=1S/C20H21N3O/c1-15-21-13-17(23(15)16-7-3-2-4-8-16)14-22-19-11-12-24-20-10-6-5-9-18(19)20/h2-10,13,19,22H,11-12,14H2,1H3/t19-/m1/s1. The lowest BCUT2D eigenvalue weighted by molar-refractivity contribution is 0.252. The van der Waals surface area contributed by atoms with Crippen LogP contribution in [0.2, 0.25) is 0 Å². The van der Waals surface area contributed by atoms with Crippen molar-refractivity contribution >= 4 is 0 Å². The monoisotopic (exact) mass is 319 g/mol. The van der Waals surface area contributed by atoms with Crippen LogP contribution in [-0.2, 0) is 6.54 Å². The van der Waals surface area contributed by atoms with Crippen LogP contribution in [0.1, 0.15) is 29.5 Å². The van der Waals surface area contributed by atoms with E-state index in [1.165, 1.54) is 11.3 Å². The highest BCUT2D eigenvalue weighted by atomic mass is 16.5. The molecule has 4 nitrogen and oxygen atoms in total. The van der Waals surface area contributed by atoms with Gasteiger partial charge in [-0.25, -0.2) is 4.98 Å². The number of nitrogens with zero attached hydrogens (tertiary/aromatic N) is 2. The van der Waals surface area contributed by atoms with Gasteiger partial charge in [-0.1, -0.05) is 36.4 Å². The van der Waals surface area contributed by atoms with E-state index in [0.717, 1.165) is 36.8 Å². The molecule has 0 spiro atoms. The molecule has 4 heteroatoms. The predicted octanol–water partition coefficient (Wildman–Crippen LogP) is 3.79. The van der Waals surface area contributed by atoms with E-state index in [2.05, 4.69) is 51.3 Å². The molecular weight excluding hydrogens is 298 g/mol. The smallest absolute Gasteiger partial charge is 0.124 e. The first-order valence-corrected chi connectivity index (χ1v) is 8.36. The van der Waals surface area contributed by atoms with Crippen LogP contribution in [0.5, 0.6) is 5.75 Å². The average Bonchev–Trinajstić information content (AvgIpc) is 3.01. The molecule has 1 aliphatic rings. The Kier molecular flexibility index (Phi) is 4.05. The molecule has 3 aromatic rings. The van der Waals surface area contributed by atoms with Gasteiger partial charge in [0.25, 0.3) is 0 Å². The summed E-state index contributed by atoms with van der Waals surface area (Å²) in [5.74, 6) is 2.00. The van der Waals surface area contributed by atoms with Gasteiger partial charge in [-0.05, 0) is 25.1 Å². The summed E-state index contributed by atoms with van der Waals surface area (Å²) >= 11 is 0. The molecule has 0 bridgehead atoms. The average molecular weight is 319 g/mol. The molecule has 1 atom stereocenters. The van der Waals surface area contributed by atoms with Gasteiger partial charge in [0.05, 0.1) is 18.5 Å². The van der Waals surface area contributed by atoms with E-state index in [4.69, 9.17) is 4.74 Å². The van der Waals surface area contributed by atoms with Crippen molar-refractivity contribution in [3.8, 4) is 11.4 Å². The fraction of sp³-hybridized carbons (Fsp3) is 0.250. The number of ether oxygens (including phenoxy) is 1. The van der Waals surface area contributed by atoms with Crippen molar-refractivity contribution in [2.45, 2.75) is 25.9 Å². The molecule has 2 aromatic carbocycles. The molecular formula is C20H21N3O. The van der Waals surface area contributed by atoms with E-state index < -0.39 is 0 Å². The van der Waals surface area contributed by atoms with Crippen molar-refractivity contribution in [1.82, 2.24) is 14.9 Å². The summed E-state index contributed by atoms with van der Waals surface area (Å²) in [6.45, 7) is 3.57. The van der Waals surface area contributed by atoms with E-state index in [0.29, 0.717) is 6.04 Å². The van der Waals surface area contributed by atoms with Gasteiger partial charge >= 0.3 is 0 Å². The number of benzene rings is 2. The summed E-state index contributed by atoms with van der Waals surface area (Å²) in [7, 11) is 0. The van der Waals surface area contributed by atoms with Gasteiger partial charge in [-0.3, -0.25) is 4.57 Å². The first-order chi connectivity index (χ1) is 11.8. The summed E-state index contributed by atoms with van der Waals surface area (Å²) in [6, 6.07) is 19.0. The Morgan fingerprint density at radius 2 is 1.92 bits per heavy atom. The SMILES string of the molecule is Cc1ncc(CN[C@@H]2CCOc3ccccc32)n1-c1ccccc1. The second-order valence-corrected chi connectivity index (χ2v) is 6.08. The predicted molar refractivity (Wildman–Crippen MR) is 94.4 cm³/mol. The minimum Gasteiger partial charge on any atom is -0.493 e. The third-order valence-corrected chi connectivity index (χ3v) is 4.51. The van der Waals surface area contributed by atoms with Gasteiger partial charge in [-0.2, -0.15) is 0 Å². The van der Waals surface area contributed by atoms with E-state index in [1.807, 2.05) is 31.3 Å². The minimum atomic E-state index is 0.314. The first-order valence-electron chi connectivity index (χ1n) is 8.36. The maximum absolute atomic E-state index is 5.75. The van der Waals surface area contributed by atoms with Gasteiger partial charge in [0.15, 0.2) is 0 Å². The van der Waals surface area contributed by atoms with Crippen LogP contribution < -0.4 is 10.1 Å².